The van der Waals surface area contributed by atoms with Gasteiger partial charge in [0.2, 0.25) is 0 Å². The zero-order chi connectivity index (χ0) is 28.2. The first-order valence-corrected chi connectivity index (χ1v) is 14.4. The molecule has 9 rings (SSSR count). The van der Waals surface area contributed by atoms with E-state index < -0.39 is 0 Å². The molecule has 0 unspecified atom stereocenters. The molecule has 8 bridgehead atoms. The van der Waals surface area contributed by atoms with E-state index in [1.165, 1.54) is 0 Å². The normalized spacial score (nSPS) is 11.3. The molecule has 2 aliphatic rings. The molecule has 0 atom stereocenters. The standard InChI is InChI=1S/C36H20N4.C2H6.Cu/c1-2-10-22-21(9-1)29-17-31-23-11-3-4-12-24(23)33(38-31)19-35-27-15-7-8-16-28(27)36(40-35)20-34-26-14-6-5-13-25(26)32(39-34)18-30(22)37-29;1-2;/h1-20H;1-2H3;/q-2;;+2. The van der Waals surface area contributed by atoms with Crippen molar-refractivity contribution in [3.63, 3.8) is 0 Å². The molecule has 0 amide bonds. The van der Waals surface area contributed by atoms with Crippen molar-refractivity contribution >= 4 is 43.6 Å². The van der Waals surface area contributed by atoms with Crippen LogP contribution in [0.15, 0.2) is 121 Å². The Morgan fingerprint density at radius 3 is 0.860 bits per heavy atom. The molecule has 0 spiro atoms. The first-order chi connectivity index (χ1) is 20.8. The molecule has 0 saturated carbocycles. The second kappa shape index (κ2) is 10.7. The molecule has 2 aliphatic heterocycles. The van der Waals surface area contributed by atoms with Crippen molar-refractivity contribution in [1.82, 2.24) is 19.9 Å². The molecule has 0 aliphatic carbocycles. The average molecular weight is 602 g/mol. The fourth-order valence-corrected chi connectivity index (χ4v) is 6.12. The molecule has 3 aromatic heterocycles. The smallest absolute Gasteiger partial charge is 0.657 e. The van der Waals surface area contributed by atoms with Crippen molar-refractivity contribution in [3.05, 3.63) is 121 Å². The van der Waals surface area contributed by atoms with Gasteiger partial charge in [-0.05, 0) is 45.8 Å². The second-order valence-corrected chi connectivity index (χ2v) is 10.3. The van der Waals surface area contributed by atoms with E-state index in [-0.39, 0.29) is 17.1 Å². The van der Waals surface area contributed by atoms with Gasteiger partial charge in [0.15, 0.2) is 0 Å². The average Bonchev–Trinajstić information content (AvgIpc) is 3.78. The molecule has 0 saturated heterocycles. The minimum Gasteiger partial charge on any atom is -0.657 e. The topological polar surface area (TPSA) is 54.0 Å². The quantitative estimate of drug-likeness (QED) is 0.162. The molecule has 0 N–H and O–H groups in total. The van der Waals surface area contributed by atoms with Crippen molar-refractivity contribution in [2.75, 3.05) is 0 Å². The monoisotopic (exact) mass is 601 g/mol. The summed E-state index contributed by atoms with van der Waals surface area (Å²) in [6.45, 7) is 4.00. The molecule has 43 heavy (non-hydrogen) atoms. The van der Waals surface area contributed by atoms with E-state index in [1.807, 2.05) is 13.8 Å². The summed E-state index contributed by atoms with van der Waals surface area (Å²) in [6, 6.07) is 42.1. The maximum Gasteiger partial charge on any atom is 2.00 e. The van der Waals surface area contributed by atoms with Crippen LogP contribution in [0.3, 0.4) is 0 Å². The second-order valence-electron chi connectivity index (χ2n) is 10.3. The molecule has 4 nitrogen and oxygen atoms in total. The van der Waals surface area contributed by atoms with Crippen LogP contribution in [0.2, 0.25) is 0 Å². The van der Waals surface area contributed by atoms with Gasteiger partial charge in [0.1, 0.15) is 0 Å². The number of aromatic nitrogens is 4. The minimum atomic E-state index is 0. The molecular formula is C38H26CuN4. The van der Waals surface area contributed by atoms with Gasteiger partial charge in [-0.2, -0.15) is 0 Å². The Morgan fingerprint density at radius 2 is 0.605 bits per heavy atom. The van der Waals surface area contributed by atoms with Gasteiger partial charge in [-0.3, -0.25) is 0 Å². The molecule has 7 aromatic rings. The van der Waals surface area contributed by atoms with Crippen LogP contribution in [0.25, 0.3) is 88.6 Å². The third-order valence-corrected chi connectivity index (χ3v) is 7.97. The van der Waals surface area contributed by atoms with Crippen molar-refractivity contribution in [3.8, 4) is 45.0 Å². The molecule has 0 fully saturated rings. The summed E-state index contributed by atoms with van der Waals surface area (Å²) < 4.78 is 0. The van der Waals surface area contributed by atoms with E-state index in [4.69, 9.17) is 19.9 Å². The summed E-state index contributed by atoms with van der Waals surface area (Å²) in [5.41, 5.74) is 11.7. The summed E-state index contributed by atoms with van der Waals surface area (Å²) in [6.07, 6.45) is 0. The number of hydrogen-bond acceptors (Lipinski definition) is 2. The van der Waals surface area contributed by atoms with E-state index in [0.29, 0.717) is 0 Å². The SMILES string of the molecule is CC.[Cu+2].c1ccc2c(c1)-c1cc3[n-]c(cc4nc(cc5[n-]c(cc-2n1)c1ccccc51)-c1ccccc1-4)c1ccccc31. The summed E-state index contributed by atoms with van der Waals surface area (Å²) in [4.78, 5) is 20.5. The number of hydrogen-bond donors (Lipinski definition) is 0. The van der Waals surface area contributed by atoms with Crippen LogP contribution in [0.4, 0.5) is 0 Å². The summed E-state index contributed by atoms with van der Waals surface area (Å²) >= 11 is 0. The largest absolute Gasteiger partial charge is 2.00 e. The maximum atomic E-state index is 5.13. The molecule has 4 aromatic carbocycles. The van der Waals surface area contributed by atoms with Crippen LogP contribution in [0.1, 0.15) is 13.8 Å². The molecular weight excluding hydrogens is 576 g/mol. The van der Waals surface area contributed by atoms with E-state index in [0.717, 1.165) is 88.6 Å². The Balaban J connectivity index is 0.000000981. The van der Waals surface area contributed by atoms with Crippen LogP contribution in [0, 0.1) is 0 Å². The Bertz CT molecular complexity index is 2020. The molecule has 209 valence electrons. The zero-order valence-electron chi connectivity index (χ0n) is 23.6. The van der Waals surface area contributed by atoms with Crippen molar-refractivity contribution in [1.29, 1.82) is 0 Å². The molecule has 5 heterocycles. The summed E-state index contributed by atoms with van der Waals surface area (Å²) in [7, 11) is 0. The Labute approximate surface area is 260 Å². The van der Waals surface area contributed by atoms with Gasteiger partial charge in [-0.1, -0.05) is 111 Å². The Hall–Kier alpha value is -4.96. The predicted molar refractivity (Wildman–Crippen MR) is 174 cm³/mol. The van der Waals surface area contributed by atoms with Gasteiger partial charge >= 0.3 is 17.1 Å². The van der Waals surface area contributed by atoms with E-state index in [1.54, 1.807) is 0 Å². The van der Waals surface area contributed by atoms with Crippen molar-refractivity contribution in [2.45, 2.75) is 13.8 Å². The maximum absolute atomic E-state index is 5.13. The van der Waals surface area contributed by atoms with Crippen LogP contribution >= 0.6 is 0 Å². The van der Waals surface area contributed by atoms with Crippen molar-refractivity contribution < 1.29 is 17.1 Å². The van der Waals surface area contributed by atoms with Crippen LogP contribution < -0.4 is 9.97 Å². The van der Waals surface area contributed by atoms with Crippen LogP contribution in [0.5, 0.6) is 0 Å². The Kier molecular flexibility index (Phi) is 6.70. The number of benzene rings is 4. The van der Waals surface area contributed by atoms with Gasteiger partial charge in [0.05, 0.1) is 22.8 Å². The van der Waals surface area contributed by atoms with Gasteiger partial charge in [0, 0.05) is 22.3 Å². The zero-order valence-corrected chi connectivity index (χ0v) is 24.6. The first kappa shape index (κ1) is 26.9. The fraction of sp³-hybridized carbons (Fsp3) is 0.0526. The van der Waals surface area contributed by atoms with E-state index in [9.17, 15) is 0 Å². The van der Waals surface area contributed by atoms with Crippen molar-refractivity contribution in [2.24, 2.45) is 0 Å². The summed E-state index contributed by atoms with van der Waals surface area (Å²) in [5.74, 6) is 0. The van der Waals surface area contributed by atoms with E-state index >= 15 is 0 Å². The predicted octanol–water partition coefficient (Wildman–Crippen LogP) is 9.57. The first-order valence-electron chi connectivity index (χ1n) is 14.4. The molecule has 5 heteroatoms. The minimum absolute atomic E-state index is 0. The van der Waals surface area contributed by atoms with Gasteiger partial charge in [-0.25, -0.2) is 9.97 Å². The van der Waals surface area contributed by atoms with Crippen LogP contribution in [-0.2, 0) is 17.1 Å². The van der Waals surface area contributed by atoms with Crippen LogP contribution in [-0.4, -0.2) is 9.97 Å². The Morgan fingerprint density at radius 1 is 0.372 bits per heavy atom. The van der Waals surface area contributed by atoms with E-state index in [2.05, 4.69) is 121 Å². The summed E-state index contributed by atoms with van der Waals surface area (Å²) in [5, 5.41) is 4.41. The third kappa shape index (κ3) is 4.28. The van der Waals surface area contributed by atoms with Gasteiger partial charge in [-0.15, -0.1) is 22.1 Å². The molecule has 1 radical (unpaired) electrons. The number of fused-ring (bicyclic) bond motifs is 20. The third-order valence-electron chi connectivity index (χ3n) is 7.97. The number of nitrogens with zero attached hydrogens (tertiary/aromatic N) is 4. The van der Waals surface area contributed by atoms with Gasteiger partial charge in [0.25, 0.3) is 0 Å². The van der Waals surface area contributed by atoms with Gasteiger partial charge < -0.3 is 9.97 Å². The fourth-order valence-electron chi connectivity index (χ4n) is 6.12. The number of rotatable bonds is 0.